The third-order valence-electron chi connectivity index (χ3n) is 10.2. The van der Waals surface area contributed by atoms with Gasteiger partial charge in [0.2, 0.25) is 0 Å². The maximum atomic E-state index is 2.75. The number of halogens is 1. The van der Waals surface area contributed by atoms with E-state index >= 15 is 0 Å². The fourth-order valence-electron chi connectivity index (χ4n) is 8.64. The number of allylic oxidation sites excluding steroid dienone is 2. The topological polar surface area (TPSA) is 0 Å². The molecule has 4 rings (SSSR count). The minimum Gasteiger partial charge on any atom is -0.0844 e. The van der Waals surface area contributed by atoms with E-state index in [0.29, 0.717) is 10.8 Å². The first-order valence-corrected chi connectivity index (χ1v) is 13.8. The Hall–Kier alpha value is 0.470. The maximum Gasteiger partial charge on any atom is 0.0147 e. The molecule has 1 heteroatoms. The van der Waals surface area contributed by atoms with Gasteiger partial charge in [-0.15, -0.1) is 0 Å². The van der Waals surface area contributed by atoms with Crippen molar-refractivity contribution in [1.29, 1.82) is 0 Å². The molecule has 4 aliphatic carbocycles. The van der Waals surface area contributed by atoms with Gasteiger partial charge in [-0.3, -0.25) is 0 Å². The zero-order chi connectivity index (χ0) is 20.1. The molecule has 8 atom stereocenters. The van der Waals surface area contributed by atoms with E-state index in [1.165, 1.54) is 70.6 Å². The lowest BCUT2D eigenvalue weighted by Crippen LogP contribution is -2.50. The highest BCUT2D eigenvalue weighted by Gasteiger charge is 2.58. The maximum absolute atomic E-state index is 2.75. The quantitative estimate of drug-likeness (QED) is 0.203. The van der Waals surface area contributed by atoms with E-state index in [1.54, 1.807) is 0 Å². The van der Waals surface area contributed by atoms with E-state index in [2.05, 4.69) is 63.3 Å². The van der Waals surface area contributed by atoms with Gasteiger partial charge >= 0.3 is 0 Å². The molecule has 0 aromatic heterocycles. The van der Waals surface area contributed by atoms with Crippen molar-refractivity contribution in [3.05, 3.63) is 11.6 Å². The standard InChI is InChI=1S/C27H45I/c1-18(2)7-6-8-19(3)23-11-12-24-22-10-9-20-17-21(28)13-15-26(20,4)25(22)14-16-27(23,24)5/h9,18-19,21-25H,6-8,10-17H2,1-5H3/t19-,21+,22?,23-,24?,25?,26+,27-/m1/s1. The molecular weight excluding hydrogens is 451 g/mol. The summed E-state index contributed by atoms with van der Waals surface area (Å²) in [5.74, 6) is 5.79. The molecule has 0 bridgehead atoms. The molecule has 0 aliphatic heterocycles. The molecule has 0 amide bonds. The molecule has 0 N–H and O–H groups in total. The van der Waals surface area contributed by atoms with Crippen LogP contribution in [0.2, 0.25) is 0 Å². The van der Waals surface area contributed by atoms with Crippen molar-refractivity contribution < 1.29 is 0 Å². The Morgan fingerprint density at radius 2 is 1.79 bits per heavy atom. The van der Waals surface area contributed by atoms with Crippen LogP contribution in [0.1, 0.15) is 105 Å². The molecule has 0 nitrogen and oxygen atoms in total. The molecule has 0 radical (unpaired) electrons. The Bertz CT molecular complexity index is 591. The summed E-state index contributed by atoms with van der Waals surface area (Å²) in [6.07, 6.45) is 18.9. The monoisotopic (exact) mass is 496 g/mol. The van der Waals surface area contributed by atoms with Crippen molar-refractivity contribution >= 4 is 22.6 Å². The smallest absolute Gasteiger partial charge is 0.0147 e. The summed E-state index contributed by atoms with van der Waals surface area (Å²) < 4.78 is 0.893. The zero-order valence-corrected chi connectivity index (χ0v) is 21.4. The molecule has 0 aromatic carbocycles. The van der Waals surface area contributed by atoms with Crippen LogP contribution >= 0.6 is 22.6 Å². The average Bonchev–Trinajstić information content (AvgIpc) is 2.99. The van der Waals surface area contributed by atoms with Gasteiger partial charge in [-0.05, 0) is 97.7 Å². The molecule has 0 heterocycles. The van der Waals surface area contributed by atoms with Gasteiger partial charge in [0.15, 0.2) is 0 Å². The minimum absolute atomic E-state index is 0.548. The van der Waals surface area contributed by atoms with Crippen molar-refractivity contribution in [3.63, 3.8) is 0 Å². The highest BCUT2D eigenvalue weighted by molar-refractivity contribution is 14.1. The highest BCUT2D eigenvalue weighted by atomic mass is 127. The van der Waals surface area contributed by atoms with Gasteiger partial charge in [0.1, 0.15) is 0 Å². The summed E-state index contributed by atoms with van der Waals surface area (Å²) in [6.45, 7) is 12.8. The van der Waals surface area contributed by atoms with Crippen LogP contribution in [-0.2, 0) is 0 Å². The van der Waals surface area contributed by atoms with Crippen molar-refractivity contribution in [2.45, 2.75) is 109 Å². The van der Waals surface area contributed by atoms with Gasteiger partial charge in [0.05, 0.1) is 0 Å². The molecule has 4 aliphatic rings. The van der Waals surface area contributed by atoms with Crippen LogP contribution < -0.4 is 0 Å². The Morgan fingerprint density at radius 3 is 2.54 bits per heavy atom. The molecule has 0 spiro atoms. The number of rotatable bonds is 5. The van der Waals surface area contributed by atoms with E-state index in [-0.39, 0.29) is 0 Å². The lowest BCUT2D eigenvalue weighted by atomic mass is 9.47. The first-order chi connectivity index (χ1) is 13.3. The fourth-order valence-corrected chi connectivity index (χ4v) is 9.43. The molecule has 3 unspecified atom stereocenters. The highest BCUT2D eigenvalue weighted by Crippen LogP contribution is 2.67. The summed E-state index contributed by atoms with van der Waals surface area (Å²) >= 11 is 2.71. The predicted molar refractivity (Wildman–Crippen MR) is 131 cm³/mol. The van der Waals surface area contributed by atoms with E-state index < -0.39 is 0 Å². The Labute approximate surface area is 189 Å². The largest absolute Gasteiger partial charge is 0.0844 e. The average molecular weight is 497 g/mol. The van der Waals surface area contributed by atoms with Crippen molar-refractivity contribution in [2.75, 3.05) is 0 Å². The molecule has 160 valence electrons. The first-order valence-electron chi connectivity index (χ1n) is 12.6. The summed E-state index contributed by atoms with van der Waals surface area (Å²) in [5.41, 5.74) is 3.05. The first kappa shape index (κ1) is 21.7. The molecule has 0 saturated heterocycles. The molecule has 3 saturated carbocycles. The number of alkyl halides is 1. The Balaban J connectivity index is 1.49. The van der Waals surface area contributed by atoms with E-state index in [4.69, 9.17) is 0 Å². The second-order valence-electron chi connectivity index (χ2n) is 12.1. The van der Waals surface area contributed by atoms with Crippen LogP contribution in [0, 0.1) is 46.3 Å². The van der Waals surface area contributed by atoms with Crippen LogP contribution in [0.15, 0.2) is 11.6 Å². The SMILES string of the molecule is CC(C)CCC[C@@H](C)[C@H]1CCC2C3CC=C4C[C@@H](I)CC[C@]4(C)C3CC[C@@]21C. The van der Waals surface area contributed by atoms with Gasteiger partial charge < -0.3 is 0 Å². The van der Waals surface area contributed by atoms with E-state index in [1.807, 2.05) is 5.57 Å². The molecular formula is C27H45I. The van der Waals surface area contributed by atoms with Crippen LogP contribution in [0.25, 0.3) is 0 Å². The van der Waals surface area contributed by atoms with Crippen molar-refractivity contribution in [2.24, 2.45) is 46.3 Å². The number of fused-ring (bicyclic) bond motifs is 5. The van der Waals surface area contributed by atoms with Crippen LogP contribution in [0.3, 0.4) is 0 Å². The second kappa shape index (κ2) is 8.19. The lowest BCUT2D eigenvalue weighted by molar-refractivity contribution is -0.0495. The summed E-state index contributed by atoms with van der Waals surface area (Å²) in [7, 11) is 0. The Kier molecular flexibility index (Phi) is 6.35. The van der Waals surface area contributed by atoms with Crippen LogP contribution in [-0.4, -0.2) is 3.92 Å². The van der Waals surface area contributed by atoms with Gasteiger partial charge in [-0.25, -0.2) is 0 Å². The van der Waals surface area contributed by atoms with Gasteiger partial charge in [-0.1, -0.05) is 88.1 Å². The summed E-state index contributed by atoms with van der Waals surface area (Å²) in [4.78, 5) is 0. The Morgan fingerprint density at radius 1 is 1.00 bits per heavy atom. The van der Waals surface area contributed by atoms with Crippen LogP contribution in [0.5, 0.6) is 0 Å². The number of hydrogen-bond acceptors (Lipinski definition) is 0. The predicted octanol–water partition coefficient (Wildman–Crippen LogP) is 8.83. The van der Waals surface area contributed by atoms with Gasteiger partial charge in [0, 0.05) is 3.92 Å². The zero-order valence-electron chi connectivity index (χ0n) is 19.3. The van der Waals surface area contributed by atoms with E-state index in [9.17, 15) is 0 Å². The fraction of sp³-hybridized carbons (Fsp3) is 0.926. The molecule has 3 fully saturated rings. The second-order valence-corrected chi connectivity index (χ2v) is 13.9. The van der Waals surface area contributed by atoms with Crippen molar-refractivity contribution in [3.8, 4) is 0 Å². The normalized spacial score (nSPS) is 46.5. The summed E-state index contributed by atoms with van der Waals surface area (Å²) in [5, 5.41) is 0. The van der Waals surface area contributed by atoms with Gasteiger partial charge in [0.25, 0.3) is 0 Å². The third-order valence-corrected chi connectivity index (χ3v) is 11.3. The summed E-state index contributed by atoms with van der Waals surface area (Å²) in [6, 6.07) is 0. The lowest BCUT2D eigenvalue weighted by Gasteiger charge is -2.58. The molecule has 28 heavy (non-hydrogen) atoms. The van der Waals surface area contributed by atoms with Crippen LogP contribution in [0.4, 0.5) is 0 Å². The van der Waals surface area contributed by atoms with Gasteiger partial charge in [-0.2, -0.15) is 0 Å². The van der Waals surface area contributed by atoms with Crippen molar-refractivity contribution in [1.82, 2.24) is 0 Å². The third kappa shape index (κ3) is 3.66. The molecule has 0 aromatic rings. The van der Waals surface area contributed by atoms with E-state index in [0.717, 1.165) is 39.4 Å². The number of hydrogen-bond donors (Lipinski definition) is 0. The minimum atomic E-state index is 0.548.